The van der Waals surface area contributed by atoms with E-state index in [4.69, 9.17) is 0 Å². The lowest BCUT2D eigenvalue weighted by Gasteiger charge is -2.28. The van der Waals surface area contributed by atoms with Gasteiger partial charge in [-0.3, -0.25) is 4.79 Å². The summed E-state index contributed by atoms with van der Waals surface area (Å²) in [7, 11) is 0. The molecule has 1 saturated carbocycles. The van der Waals surface area contributed by atoms with Crippen molar-refractivity contribution in [2.45, 2.75) is 51.2 Å². The number of carbonyl (C=O) groups excluding carboxylic acids is 1. The van der Waals surface area contributed by atoms with Crippen LogP contribution in [0.4, 0.5) is 13.2 Å². The van der Waals surface area contributed by atoms with Gasteiger partial charge < -0.3 is 10.6 Å². The van der Waals surface area contributed by atoms with Crippen LogP contribution in [0, 0.1) is 5.92 Å². The summed E-state index contributed by atoms with van der Waals surface area (Å²) in [5.74, 6) is -0.0656. The van der Waals surface area contributed by atoms with Crippen molar-refractivity contribution in [3.8, 4) is 0 Å². The second-order valence-electron chi connectivity index (χ2n) is 4.96. The van der Waals surface area contributed by atoms with Gasteiger partial charge >= 0.3 is 6.18 Å². The van der Waals surface area contributed by atoms with E-state index in [9.17, 15) is 18.0 Å². The minimum Gasteiger partial charge on any atom is -0.346 e. The number of alkyl halides is 3. The van der Waals surface area contributed by atoms with Gasteiger partial charge in [0.2, 0.25) is 5.91 Å². The van der Waals surface area contributed by atoms with E-state index >= 15 is 0 Å². The third-order valence-corrected chi connectivity index (χ3v) is 3.43. The fourth-order valence-electron chi connectivity index (χ4n) is 2.32. The van der Waals surface area contributed by atoms with Crippen LogP contribution in [-0.4, -0.2) is 31.2 Å². The Labute approximate surface area is 106 Å². The highest BCUT2D eigenvalue weighted by atomic mass is 19.4. The van der Waals surface area contributed by atoms with Gasteiger partial charge in [-0.1, -0.05) is 19.3 Å². The van der Waals surface area contributed by atoms with E-state index in [1.54, 1.807) is 0 Å². The quantitative estimate of drug-likeness (QED) is 0.801. The average Bonchev–Trinajstić information content (AvgIpc) is 2.33. The van der Waals surface area contributed by atoms with Crippen LogP contribution >= 0.6 is 0 Å². The predicted molar refractivity (Wildman–Crippen MR) is 63.1 cm³/mol. The Bertz CT molecular complexity index is 263. The molecule has 0 heterocycles. The summed E-state index contributed by atoms with van der Waals surface area (Å²) in [5, 5.41) is 4.86. The van der Waals surface area contributed by atoms with Gasteiger partial charge in [-0.25, -0.2) is 0 Å². The molecule has 0 saturated heterocycles. The van der Waals surface area contributed by atoms with Crippen molar-refractivity contribution >= 4 is 5.91 Å². The Morgan fingerprint density at radius 3 is 2.44 bits per heavy atom. The molecule has 3 nitrogen and oxygen atoms in total. The van der Waals surface area contributed by atoms with Gasteiger partial charge in [-0.05, 0) is 25.7 Å². The lowest BCUT2D eigenvalue weighted by Crippen LogP contribution is -2.43. The summed E-state index contributed by atoms with van der Waals surface area (Å²) in [6, 6.07) is 0.182. The minimum absolute atomic E-state index is 0.0479. The first-order valence-electron chi connectivity index (χ1n) is 6.45. The van der Waals surface area contributed by atoms with Gasteiger partial charge in [-0.2, -0.15) is 13.2 Å². The highest BCUT2D eigenvalue weighted by Crippen LogP contribution is 2.26. The zero-order valence-corrected chi connectivity index (χ0v) is 10.6. The smallest absolute Gasteiger partial charge is 0.346 e. The summed E-state index contributed by atoms with van der Waals surface area (Å²) >= 11 is 0. The molecular formula is C12H21F3N2O. The molecule has 1 atom stereocenters. The SMILES string of the molecule is C[C@@H](NCC(=O)NCC(F)(F)F)C1CCCCC1. The lowest BCUT2D eigenvalue weighted by molar-refractivity contribution is -0.138. The van der Waals surface area contributed by atoms with Gasteiger partial charge in [0.1, 0.15) is 6.54 Å². The molecule has 6 heteroatoms. The van der Waals surface area contributed by atoms with Gasteiger partial charge in [-0.15, -0.1) is 0 Å². The third-order valence-electron chi connectivity index (χ3n) is 3.43. The van der Waals surface area contributed by atoms with Gasteiger partial charge in [0.05, 0.1) is 6.54 Å². The largest absolute Gasteiger partial charge is 0.405 e. The van der Waals surface area contributed by atoms with Crippen molar-refractivity contribution in [2.24, 2.45) is 5.92 Å². The zero-order valence-electron chi connectivity index (χ0n) is 10.6. The number of amides is 1. The molecule has 0 aromatic carbocycles. The molecular weight excluding hydrogens is 245 g/mol. The number of rotatable bonds is 5. The van der Waals surface area contributed by atoms with Crippen LogP contribution in [-0.2, 0) is 4.79 Å². The topological polar surface area (TPSA) is 41.1 Å². The van der Waals surface area contributed by atoms with E-state index in [2.05, 4.69) is 5.32 Å². The first-order chi connectivity index (χ1) is 8.38. The fourth-order valence-corrected chi connectivity index (χ4v) is 2.32. The Morgan fingerprint density at radius 2 is 1.89 bits per heavy atom. The maximum absolute atomic E-state index is 11.9. The number of hydrogen-bond donors (Lipinski definition) is 2. The molecule has 18 heavy (non-hydrogen) atoms. The van der Waals surface area contributed by atoms with Crippen molar-refractivity contribution in [2.75, 3.05) is 13.1 Å². The molecule has 0 bridgehead atoms. The molecule has 1 aliphatic rings. The van der Waals surface area contributed by atoms with Gasteiger partial charge in [0.15, 0.2) is 0 Å². The van der Waals surface area contributed by atoms with E-state index < -0.39 is 18.6 Å². The predicted octanol–water partition coefficient (Wildman–Crippen LogP) is 2.22. The van der Waals surface area contributed by atoms with E-state index in [1.807, 2.05) is 12.2 Å². The second-order valence-corrected chi connectivity index (χ2v) is 4.96. The number of halogens is 3. The molecule has 0 unspecified atom stereocenters. The summed E-state index contributed by atoms with van der Waals surface area (Å²) < 4.78 is 35.6. The summed E-state index contributed by atoms with van der Waals surface area (Å²) in [4.78, 5) is 11.2. The van der Waals surface area contributed by atoms with Crippen LogP contribution in [0.15, 0.2) is 0 Å². The molecule has 0 aromatic heterocycles. The molecule has 0 spiro atoms. The molecule has 1 fully saturated rings. The molecule has 2 N–H and O–H groups in total. The van der Waals surface area contributed by atoms with Gasteiger partial charge in [0.25, 0.3) is 0 Å². The van der Waals surface area contributed by atoms with E-state index in [0.717, 1.165) is 12.8 Å². The maximum Gasteiger partial charge on any atom is 0.405 e. The summed E-state index contributed by atoms with van der Waals surface area (Å²) in [5.41, 5.74) is 0. The van der Waals surface area contributed by atoms with Crippen molar-refractivity contribution < 1.29 is 18.0 Å². The van der Waals surface area contributed by atoms with Crippen LogP contribution in [0.3, 0.4) is 0 Å². The number of nitrogens with one attached hydrogen (secondary N) is 2. The lowest BCUT2D eigenvalue weighted by atomic mass is 9.84. The van der Waals surface area contributed by atoms with Crippen molar-refractivity contribution in [3.05, 3.63) is 0 Å². The number of carbonyl (C=O) groups is 1. The summed E-state index contributed by atoms with van der Waals surface area (Å²) in [6.45, 7) is 0.687. The summed E-state index contributed by atoms with van der Waals surface area (Å²) in [6.07, 6.45) is 1.60. The Kier molecular flexibility index (Phi) is 5.91. The fraction of sp³-hybridized carbons (Fsp3) is 0.917. The second kappa shape index (κ2) is 6.97. The van der Waals surface area contributed by atoms with E-state index in [0.29, 0.717) is 5.92 Å². The average molecular weight is 266 g/mol. The molecule has 1 aliphatic carbocycles. The maximum atomic E-state index is 11.9. The Balaban J connectivity index is 2.17. The standard InChI is InChI=1S/C12H21F3N2O/c1-9(10-5-3-2-4-6-10)16-7-11(18)17-8-12(13,14)15/h9-10,16H,2-8H2,1H3,(H,17,18)/t9-/m1/s1. The Morgan fingerprint density at radius 1 is 1.28 bits per heavy atom. The highest BCUT2D eigenvalue weighted by molar-refractivity contribution is 5.78. The van der Waals surface area contributed by atoms with Crippen LogP contribution in [0.25, 0.3) is 0 Å². The molecule has 0 aromatic rings. The normalized spacial score (nSPS) is 19.6. The first kappa shape index (κ1) is 15.3. The molecule has 1 rings (SSSR count). The number of hydrogen-bond acceptors (Lipinski definition) is 2. The van der Waals surface area contributed by atoms with Crippen LogP contribution in [0.1, 0.15) is 39.0 Å². The monoisotopic (exact) mass is 266 g/mol. The highest BCUT2D eigenvalue weighted by Gasteiger charge is 2.27. The van der Waals surface area contributed by atoms with Crippen LogP contribution in [0.5, 0.6) is 0 Å². The Hall–Kier alpha value is -0.780. The third kappa shape index (κ3) is 6.23. The zero-order chi connectivity index (χ0) is 13.6. The molecule has 106 valence electrons. The van der Waals surface area contributed by atoms with Crippen molar-refractivity contribution in [3.63, 3.8) is 0 Å². The first-order valence-corrected chi connectivity index (χ1v) is 6.45. The minimum atomic E-state index is -4.34. The molecule has 0 radical (unpaired) electrons. The van der Waals surface area contributed by atoms with Crippen molar-refractivity contribution in [1.29, 1.82) is 0 Å². The van der Waals surface area contributed by atoms with Crippen LogP contribution < -0.4 is 10.6 Å². The molecule has 1 amide bonds. The van der Waals surface area contributed by atoms with Gasteiger partial charge in [0, 0.05) is 6.04 Å². The van der Waals surface area contributed by atoms with Crippen LogP contribution in [0.2, 0.25) is 0 Å². The van der Waals surface area contributed by atoms with E-state index in [-0.39, 0.29) is 12.6 Å². The molecule has 0 aliphatic heterocycles. The van der Waals surface area contributed by atoms with Crippen molar-refractivity contribution in [1.82, 2.24) is 10.6 Å². The van der Waals surface area contributed by atoms with E-state index in [1.165, 1.54) is 19.3 Å².